The number of carbonyl (C=O) groups is 1. The number of hydrogen-bond acceptors (Lipinski definition) is 4. The Morgan fingerprint density at radius 1 is 1.11 bits per heavy atom. The molecule has 0 aliphatic rings. The Morgan fingerprint density at radius 2 is 1.86 bits per heavy atom. The zero-order chi connectivity index (χ0) is 20.1. The smallest absolute Gasteiger partial charge is 0.254 e. The number of aromatic nitrogens is 1. The summed E-state index contributed by atoms with van der Waals surface area (Å²) in [5.74, 6) is 0.518. The first-order valence-corrected chi connectivity index (χ1v) is 9.07. The number of aryl methyl sites for hydroxylation is 1. The maximum Gasteiger partial charge on any atom is 0.254 e. The lowest BCUT2D eigenvalue weighted by atomic mass is 10.1. The fourth-order valence-corrected chi connectivity index (χ4v) is 3.12. The van der Waals surface area contributed by atoms with Crippen molar-refractivity contribution in [3.05, 3.63) is 75.6 Å². The van der Waals surface area contributed by atoms with Gasteiger partial charge in [0.05, 0.1) is 25.8 Å². The highest BCUT2D eigenvalue weighted by Crippen LogP contribution is 2.17. The van der Waals surface area contributed by atoms with E-state index in [-0.39, 0.29) is 18.0 Å². The van der Waals surface area contributed by atoms with Gasteiger partial charge in [-0.2, -0.15) is 0 Å². The van der Waals surface area contributed by atoms with Crippen LogP contribution in [-0.4, -0.2) is 43.2 Å². The topological polar surface area (TPSA) is 71.6 Å². The Labute approximate surface area is 163 Å². The second-order valence-electron chi connectivity index (χ2n) is 6.61. The first-order valence-electron chi connectivity index (χ1n) is 9.07. The Bertz CT molecular complexity index is 1020. The van der Waals surface area contributed by atoms with Crippen molar-refractivity contribution in [1.29, 1.82) is 0 Å². The summed E-state index contributed by atoms with van der Waals surface area (Å²) in [6.45, 7) is 2.92. The summed E-state index contributed by atoms with van der Waals surface area (Å²) in [5, 5.41) is 0.943. The Balaban J connectivity index is 1.91. The maximum atomic E-state index is 13.0. The average molecular weight is 380 g/mol. The van der Waals surface area contributed by atoms with Crippen LogP contribution in [0.1, 0.15) is 21.5 Å². The first-order chi connectivity index (χ1) is 13.5. The third kappa shape index (κ3) is 4.23. The number of amides is 1. The van der Waals surface area contributed by atoms with Gasteiger partial charge in [0.15, 0.2) is 0 Å². The van der Waals surface area contributed by atoms with Crippen LogP contribution in [-0.2, 0) is 11.3 Å². The van der Waals surface area contributed by atoms with Crippen molar-refractivity contribution in [3.8, 4) is 5.75 Å². The molecular formula is C22H24N2O4. The standard InChI is InChI=1S/C22H24N2O4/c1-15-5-4-6-17-13-18(21(25)23-20(15)17)14-24(11-12-27-2)22(26)16-7-9-19(28-3)10-8-16/h4-10,13H,11-12,14H2,1-3H3,(H,23,25). The highest BCUT2D eigenvalue weighted by molar-refractivity contribution is 5.94. The molecule has 0 saturated heterocycles. The van der Waals surface area contributed by atoms with Crippen molar-refractivity contribution in [2.75, 3.05) is 27.4 Å². The minimum absolute atomic E-state index is 0.163. The fourth-order valence-electron chi connectivity index (χ4n) is 3.12. The molecule has 1 amide bonds. The lowest BCUT2D eigenvalue weighted by Crippen LogP contribution is -2.35. The highest BCUT2D eigenvalue weighted by atomic mass is 16.5. The van der Waals surface area contributed by atoms with E-state index in [9.17, 15) is 9.59 Å². The van der Waals surface area contributed by atoms with Crippen molar-refractivity contribution in [1.82, 2.24) is 9.88 Å². The first kappa shape index (κ1) is 19.6. The van der Waals surface area contributed by atoms with Crippen molar-refractivity contribution < 1.29 is 14.3 Å². The predicted octanol–water partition coefficient (Wildman–Crippen LogP) is 3.13. The quantitative estimate of drug-likeness (QED) is 0.684. The number of ether oxygens (including phenoxy) is 2. The molecule has 0 aliphatic carbocycles. The van der Waals surface area contributed by atoms with E-state index < -0.39 is 0 Å². The molecule has 28 heavy (non-hydrogen) atoms. The van der Waals surface area contributed by atoms with Crippen LogP contribution >= 0.6 is 0 Å². The van der Waals surface area contributed by atoms with Crippen LogP contribution in [0.2, 0.25) is 0 Å². The summed E-state index contributed by atoms with van der Waals surface area (Å²) in [6.07, 6.45) is 0. The van der Waals surface area contributed by atoms with Gasteiger partial charge in [-0.1, -0.05) is 18.2 Å². The fraction of sp³-hybridized carbons (Fsp3) is 0.273. The zero-order valence-corrected chi connectivity index (χ0v) is 16.3. The molecule has 6 heteroatoms. The minimum atomic E-state index is -0.188. The Morgan fingerprint density at radius 3 is 2.54 bits per heavy atom. The monoisotopic (exact) mass is 380 g/mol. The number of carbonyl (C=O) groups excluding carboxylic acids is 1. The van der Waals surface area contributed by atoms with Crippen molar-refractivity contribution in [2.45, 2.75) is 13.5 Å². The summed E-state index contributed by atoms with van der Waals surface area (Å²) in [5.41, 5.74) is 2.71. The van der Waals surface area contributed by atoms with Crippen LogP contribution in [0.25, 0.3) is 10.9 Å². The number of nitrogens with zero attached hydrogens (tertiary/aromatic N) is 1. The van der Waals surface area contributed by atoms with E-state index in [1.165, 1.54) is 0 Å². The molecule has 0 spiro atoms. The summed E-state index contributed by atoms with van der Waals surface area (Å²) in [6, 6.07) is 14.6. The number of fused-ring (bicyclic) bond motifs is 1. The molecule has 0 fully saturated rings. The normalized spacial score (nSPS) is 10.8. The van der Waals surface area contributed by atoms with Crippen LogP contribution in [0.5, 0.6) is 5.75 Å². The van der Waals surface area contributed by atoms with Gasteiger partial charge >= 0.3 is 0 Å². The third-order valence-electron chi connectivity index (χ3n) is 4.72. The summed E-state index contributed by atoms with van der Waals surface area (Å²) in [4.78, 5) is 30.2. The van der Waals surface area contributed by atoms with E-state index in [1.54, 1.807) is 43.4 Å². The third-order valence-corrected chi connectivity index (χ3v) is 4.72. The molecule has 0 saturated carbocycles. The van der Waals surface area contributed by atoms with E-state index in [0.717, 1.165) is 16.5 Å². The molecule has 6 nitrogen and oxygen atoms in total. The van der Waals surface area contributed by atoms with Gasteiger partial charge < -0.3 is 19.4 Å². The zero-order valence-electron chi connectivity index (χ0n) is 16.3. The van der Waals surface area contributed by atoms with E-state index in [2.05, 4.69) is 4.98 Å². The summed E-state index contributed by atoms with van der Waals surface area (Å²) < 4.78 is 10.3. The van der Waals surface area contributed by atoms with E-state index >= 15 is 0 Å². The molecule has 0 unspecified atom stereocenters. The van der Waals surface area contributed by atoms with E-state index in [0.29, 0.717) is 30.0 Å². The van der Waals surface area contributed by atoms with Gasteiger partial charge in [-0.3, -0.25) is 9.59 Å². The van der Waals surface area contributed by atoms with Gasteiger partial charge in [-0.15, -0.1) is 0 Å². The number of para-hydroxylation sites is 1. The SMILES string of the molecule is COCCN(Cc1cc2cccc(C)c2[nH]c1=O)C(=O)c1ccc(OC)cc1. The van der Waals surface area contributed by atoms with Gasteiger partial charge in [0.25, 0.3) is 11.5 Å². The summed E-state index contributed by atoms with van der Waals surface area (Å²) in [7, 11) is 3.16. The van der Waals surface area contributed by atoms with Gasteiger partial charge in [0.2, 0.25) is 0 Å². The van der Waals surface area contributed by atoms with Crippen molar-refractivity contribution in [3.63, 3.8) is 0 Å². The Kier molecular flexibility index (Phi) is 6.11. The van der Waals surface area contributed by atoms with Crippen molar-refractivity contribution in [2.24, 2.45) is 0 Å². The average Bonchev–Trinajstić information content (AvgIpc) is 2.71. The number of hydrogen-bond donors (Lipinski definition) is 1. The van der Waals surface area contributed by atoms with Gasteiger partial charge in [-0.05, 0) is 48.2 Å². The lowest BCUT2D eigenvalue weighted by Gasteiger charge is -2.22. The van der Waals surface area contributed by atoms with Crippen LogP contribution in [0.3, 0.4) is 0 Å². The Hall–Kier alpha value is -3.12. The number of methoxy groups -OCH3 is 2. The number of H-pyrrole nitrogens is 1. The van der Waals surface area contributed by atoms with E-state index in [4.69, 9.17) is 9.47 Å². The molecule has 0 atom stereocenters. The molecule has 0 radical (unpaired) electrons. The second kappa shape index (κ2) is 8.71. The van der Waals surface area contributed by atoms with Gasteiger partial charge in [-0.25, -0.2) is 0 Å². The number of benzene rings is 2. The number of pyridine rings is 1. The molecule has 3 rings (SSSR count). The van der Waals surface area contributed by atoms with Crippen LogP contribution in [0.4, 0.5) is 0 Å². The summed E-state index contributed by atoms with van der Waals surface area (Å²) >= 11 is 0. The molecule has 1 heterocycles. The largest absolute Gasteiger partial charge is 0.497 e. The van der Waals surface area contributed by atoms with Gasteiger partial charge in [0.1, 0.15) is 5.75 Å². The molecular weight excluding hydrogens is 356 g/mol. The van der Waals surface area contributed by atoms with Crippen LogP contribution in [0, 0.1) is 6.92 Å². The molecule has 146 valence electrons. The molecule has 2 aromatic carbocycles. The molecule has 0 aliphatic heterocycles. The van der Waals surface area contributed by atoms with Crippen molar-refractivity contribution >= 4 is 16.8 Å². The molecule has 0 bridgehead atoms. The molecule has 1 N–H and O–H groups in total. The van der Waals surface area contributed by atoms with Crippen LogP contribution in [0.15, 0.2) is 53.3 Å². The maximum absolute atomic E-state index is 13.0. The molecule has 1 aromatic heterocycles. The minimum Gasteiger partial charge on any atom is -0.497 e. The van der Waals surface area contributed by atoms with Crippen LogP contribution < -0.4 is 10.3 Å². The second-order valence-corrected chi connectivity index (χ2v) is 6.61. The predicted molar refractivity (Wildman–Crippen MR) is 109 cm³/mol. The highest BCUT2D eigenvalue weighted by Gasteiger charge is 2.18. The lowest BCUT2D eigenvalue weighted by molar-refractivity contribution is 0.0679. The number of rotatable bonds is 7. The van der Waals surface area contributed by atoms with E-state index in [1.807, 2.05) is 31.2 Å². The molecule has 3 aromatic rings. The number of aromatic amines is 1. The van der Waals surface area contributed by atoms with Gasteiger partial charge in [0, 0.05) is 24.8 Å². The number of nitrogens with one attached hydrogen (secondary N) is 1.